The summed E-state index contributed by atoms with van der Waals surface area (Å²) in [5.74, 6) is 3.15. The molecule has 0 rings (SSSR count). The Bertz CT molecular complexity index is 119. The number of alkyl halides is 1. The van der Waals surface area contributed by atoms with Gasteiger partial charge in [0, 0.05) is 5.92 Å². The molecule has 0 aromatic heterocycles. The van der Waals surface area contributed by atoms with E-state index in [0.717, 1.165) is 0 Å². The van der Waals surface area contributed by atoms with Crippen LogP contribution in [0.25, 0.3) is 0 Å². The largest absolute Gasteiger partial charge is 0.472 e. The van der Waals surface area contributed by atoms with Crippen molar-refractivity contribution in [3.63, 3.8) is 0 Å². The molecule has 0 aliphatic heterocycles. The molecule has 0 aliphatic rings. The average Bonchev–Trinajstić information content (AvgIpc) is 1.61. The summed E-state index contributed by atoms with van der Waals surface area (Å²) in [5, 5.41) is 8.27. The smallest absolute Gasteiger partial charge is 0.381 e. The Balaban J connectivity index is 3.45. The first-order chi connectivity index (χ1) is 3.27. The van der Waals surface area contributed by atoms with E-state index < -0.39 is 5.97 Å². The van der Waals surface area contributed by atoms with E-state index in [4.69, 9.17) is 5.11 Å². The summed E-state index contributed by atoms with van der Waals surface area (Å²) >= 11 is 2.94. The maximum Gasteiger partial charge on any atom is 0.381 e. The summed E-state index contributed by atoms with van der Waals surface area (Å²) in [7, 11) is 0. The fraction of sp³-hybridized carbons (Fsp3) is 0.250. The van der Waals surface area contributed by atoms with Crippen LogP contribution in [0.5, 0.6) is 0 Å². The van der Waals surface area contributed by atoms with Crippen molar-refractivity contribution in [1.29, 1.82) is 0 Å². The van der Waals surface area contributed by atoms with Crippen LogP contribution in [0.15, 0.2) is 0 Å². The molecule has 1 N–H and O–H groups in total. The second kappa shape index (κ2) is 3.69. The number of aliphatic carboxylic acids is 1. The van der Waals surface area contributed by atoms with Gasteiger partial charge in [-0.1, -0.05) is 21.9 Å². The number of carboxylic acids is 1. The van der Waals surface area contributed by atoms with Crippen molar-refractivity contribution in [2.75, 3.05) is 5.33 Å². The minimum Gasteiger partial charge on any atom is -0.472 e. The standard InChI is InChI=1S/C4H3BrO2/c5-3-1-2-4(6)7/h3H2,(H,6,7). The van der Waals surface area contributed by atoms with Crippen LogP contribution in [0.4, 0.5) is 0 Å². The molecule has 0 amide bonds. The van der Waals surface area contributed by atoms with Gasteiger partial charge in [0.25, 0.3) is 0 Å². The monoisotopic (exact) mass is 162 g/mol. The lowest BCUT2D eigenvalue weighted by Crippen LogP contribution is -1.85. The molecule has 0 aromatic rings. The number of hydrogen-bond donors (Lipinski definition) is 1. The number of rotatable bonds is 0. The van der Waals surface area contributed by atoms with Crippen molar-refractivity contribution in [2.24, 2.45) is 0 Å². The molecule has 0 aromatic carbocycles. The average molecular weight is 163 g/mol. The number of halogens is 1. The van der Waals surface area contributed by atoms with Crippen LogP contribution in [0, 0.1) is 11.8 Å². The van der Waals surface area contributed by atoms with Gasteiger partial charge in [-0.05, 0) is 0 Å². The van der Waals surface area contributed by atoms with Gasteiger partial charge in [0.2, 0.25) is 0 Å². The van der Waals surface area contributed by atoms with E-state index in [9.17, 15) is 4.79 Å². The zero-order valence-electron chi connectivity index (χ0n) is 3.44. The summed E-state index contributed by atoms with van der Waals surface area (Å²) in [4.78, 5) is 9.56. The first-order valence-corrected chi connectivity index (χ1v) is 2.67. The molecule has 0 unspecified atom stereocenters. The molecule has 0 atom stereocenters. The van der Waals surface area contributed by atoms with Gasteiger partial charge in [-0.2, -0.15) is 0 Å². The van der Waals surface area contributed by atoms with Crippen LogP contribution in [0.1, 0.15) is 0 Å². The molecule has 0 fully saturated rings. The lowest BCUT2D eigenvalue weighted by atomic mass is 10.6. The summed E-state index contributed by atoms with van der Waals surface area (Å²) in [5.41, 5.74) is 0. The molecule has 0 aliphatic carbocycles. The third-order valence-corrected chi connectivity index (χ3v) is 0.543. The van der Waals surface area contributed by atoms with Crippen LogP contribution in [-0.4, -0.2) is 16.4 Å². The Morgan fingerprint density at radius 3 is 2.57 bits per heavy atom. The van der Waals surface area contributed by atoms with Crippen molar-refractivity contribution in [3.05, 3.63) is 0 Å². The topological polar surface area (TPSA) is 37.3 Å². The highest BCUT2D eigenvalue weighted by molar-refractivity contribution is 9.09. The SMILES string of the molecule is O=C(O)C#CCBr. The molecule has 38 valence electrons. The maximum absolute atomic E-state index is 9.56. The molecule has 0 radical (unpaired) electrons. The normalized spacial score (nSPS) is 6.43. The van der Waals surface area contributed by atoms with Crippen LogP contribution in [0.3, 0.4) is 0 Å². The molecular formula is C4H3BrO2. The van der Waals surface area contributed by atoms with E-state index in [2.05, 4.69) is 21.9 Å². The van der Waals surface area contributed by atoms with E-state index in [1.165, 1.54) is 0 Å². The van der Waals surface area contributed by atoms with Crippen LogP contribution < -0.4 is 0 Å². The molecule has 0 spiro atoms. The van der Waals surface area contributed by atoms with Crippen LogP contribution in [-0.2, 0) is 4.79 Å². The first-order valence-electron chi connectivity index (χ1n) is 1.55. The van der Waals surface area contributed by atoms with Crippen molar-refractivity contribution in [2.45, 2.75) is 0 Å². The van der Waals surface area contributed by atoms with Crippen molar-refractivity contribution < 1.29 is 9.90 Å². The van der Waals surface area contributed by atoms with Gasteiger partial charge >= 0.3 is 5.97 Å². The van der Waals surface area contributed by atoms with Gasteiger partial charge in [-0.15, -0.1) is 0 Å². The maximum atomic E-state index is 9.56. The minimum absolute atomic E-state index is 0.416. The van der Waals surface area contributed by atoms with E-state index >= 15 is 0 Å². The Morgan fingerprint density at radius 1 is 1.86 bits per heavy atom. The fourth-order valence-corrected chi connectivity index (χ4v) is 0.249. The van der Waals surface area contributed by atoms with E-state index in [-0.39, 0.29) is 0 Å². The van der Waals surface area contributed by atoms with Gasteiger partial charge in [0.05, 0.1) is 5.33 Å². The van der Waals surface area contributed by atoms with Gasteiger partial charge in [0.1, 0.15) is 0 Å². The Labute approximate surface area is 49.7 Å². The van der Waals surface area contributed by atoms with Crippen molar-refractivity contribution >= 4 is 21.9 Å². The summed E-state index contributed by atoms with van der Waals surface area (Å²) in [6.07, 6.45) is 0. The molecule has 2 nitrogen and oxygen atoms in total. The van der Waals surface area contributed by atoms with E-state index in [1.807, 2.05) is 5.92 Å². The van der Waals surface area contributed by atoms with Crippen molar-refractivity contribution in [3.8, 4) is 11.8 Å². The van der Waals surface area contributed by atoms with Crippen LogP contribution >= 0.6 is 15.9 Å². The van der Waals surface area contributed by atoms with Crippen molar-refractivity contribution in [1.82, 2.24) is 0 Å². The Kier molecular flexibility index (Phi) is 3.43. The quantitative estimate of drug-likeness (QED) is 0.416. The summed E-state index contributed by atoms with van der Waals surface area (Å²) < 4.78 is 0. The third kappa shape index (κ3) is 5.51. The van der Waals surface area contributed by atoms with Gasteiger partial charge in [-0.25, -0.2) is 4.79 Å². The highest BCUT2D eigenvalue weighted by Crippen LogP contribution is 1.71. The highest BCUT2D eigenvalue weighted by Gasteiger charge is 1.78. The number of hydrogen-bond acceptors (Lipinski definition) is 1. The Morgan fingerprint density at radius 2 is 2.43 bits per heavy atom. The lowest BCUT2D eigenvalue weighted by Gasteiger charge is -1.66. The predicted molar refractivity (Wildman–Crippen MR) is 29.2 cm³/mol. The molecule has 7 heavy (non-hydrogen) atoms. The number of carboxylic acid groups (broad SMARTS) is 1. The highest BCUT2D eigenvalue weighted by atomic mass is 79.9. The van der Waals surface area contributed by atoms with E-state index in [1.54, 1.807) is 0 Å². The van der Waals surface area contributed by atoms with E-state index in [0.29, 0.717) is 5.33 Å². The molecule has 0 heterocycles. The molecule has 3 heteroatoms. The molecule has 0 bridgehead atoms. The Hall–Kier alpha value is -0.490. The summed E-state index contributed by atoms with van der Waals surface area (Å²) in [6.45, 7) is 0. The van der Waals surface area contributed by atoms with Gasteiger partial charge in [0.15, 0.2) is 0 Å². The zero-order chi connectivity index (χ0) is 5.70. The minimum atomic E-state index is -1.08. The number of carbonyl (C=O) groups is 1. The van der Waals surface area contributed by atoms with Crippen LogP contribution in [0.2, 0.25) is 0 Å². The summed E-state index contributed by atoms with van der Waals surface area (Å²) in [6, 6.07) is 0. The zero-order valence-corrected chi connectivity index (χ0v) is 5.03. The lowest BCUT2D eigenvalue weighted by molar-refractivity contribution is -0.130. The predicted octanol–water partition coefficient (Wildman–Crippen LogP) is 0.469. The third-order valence-electron chi connectivity index (χ3n) is 0.262. The fourth-order valence-electron chi connectivity index (χ4n) is 0.109. The van der Waals surface area contributed by atoms with Gasteiger partial charge in [-0.3, -0.25) is 0 Å². The molecule has 0 saturated carbocycles. The second-order valence-electron chi connectivity index (χ2n) is 0.741. The second-order valence-corrected chi connectivity index (χ2v) is 1.30. The first kappa shape index (κ1) is 6.51. The molecular weight excluding hydrogens is 160 g/mol. The van der Waals surface area contributed by atoms with Gasteiger partial charge < -0.3 is 5.11 Å². The molecule has 0 saturated heterocycles.